The van der Waals surface area contributed by atoms with Gasteiger partial charge >= 0.3 is 334 Å². The van der Waals surface area contributed by atoms with Crippen LogP contribution in [-0.2, 0) is 15.7 Å². The zero-order chi connectivity index (χ0) is 57.2. The third-order valence-corrected chi connectivity index (χ3v) is 29.0. The number of unbranched alkanes of at least 4 members (excludes halogenated alkanes) is 56. The Labute approximate surface area is 511 Å². The van der Waals surface area contributed by atoms with Crippen LogP contribution in [0, 0.1) is 0 Å². The van der Waals surface area contributed by atoms with E-state index < -0.39 is 19.2 Å². The van der Waals surface area contributed by atoms with Crippen LogP contribution in [0.5, 0.6) is 0 Å². The van der Waals surface area contributed by atoms with Crippen molar-refractivity contribution >= 4 is 54.7 Å². The number of hydrogen-bond acceptors (Lipinski definition) is 6. The van der Waals surface area contributed by atoms with Crippen molar-refractivity contribution in [3.63, 3.8) is 0 Å². The monoisotopic (exact) mass is 1260 g/mol. The first-order chi connectivity index (χ1) is 39.0. The number of carbonyl (C=O) groups is 2. The van der Waals surface area contributed by atoms with Gasteiger partial charge in [0.05, 0.1) is 0 Å². The van der Waals surface area contributed by atoms with E-state index in [4.69, 9.17) is 6.15 Å². The Morgan fingerprint density at radius 3 is 0.557 bits per heavy atom. The molecule has 0 aromatic carbocycles. The maximum atomic E-state index is 13.8. The molecule has 0 atom stereocenters. The first-order valence-electron chi connectivity index (χ1n) is 36.6. The summed E-state index contributed by atoms with van der Waals surface area (Å²) in [6.45, 7) is 9.20. The fourth-order valence-corrected chi connectivity index (χ4v) is 23.3. The Balaban J connectivity index is 4.82. The molecule has 0 unspecified atom stereocenters. The molecule has 0 aliphatic heterocycles. The van der Waals surface area contributed by atoms with Gasteiger partial charge in [-0.15, -0.1) is 0 Å². The van der Waals surface area contributed by atoms with Gasteiger partial charge < -0.3 is 0 Å². The van der Waals surface area contributed by atoms with Gasteiger partial charge in [0.25, 0.3) is 0 Å². The molecular weight excluding hydrogens is 1110 g/mol. The molecule has 0 aliphatic carbocycles. The van der Waals surface area contributed by atoms with Crippen LogP contribution in [-0.4, -0.2) is 54.2 Å². The third kappa shape index (κ3) is 64.3. The second kappa shape index (κ2) is 69.2. The zero-order valence-electron chi connectivity index (χ0n) is 54.6. The summed E-state index contributed by atoms with van der Waals surface area (Å²) in [4.78, 5) is 27.6. The summed E-state index contributed by atoms with van der Waals surface area (Å²) >= 11 is -0.556. The van der Waals surface area contributed by atoms with E-state index in [1.54, 1.807) is 23.5 Å². The molecule has 472 valence electrons. The summed E-state index contributed by atoms with van der Waals surface area (Å²) in [5, 5.41) is 0. The van der Waals surface area contributed by atoms with Crippen molar-refractivity contribution in [1.82, 2.24) is 0 Å². The second-order valence-electron chi connectivity index (χ2n) is 25.3. The minimum absolute atomic E-state index is 0.0991. The van der Waals surface area contributed by atoms with Crippen LogP contribution in [0.4, 0.5) is 0 Å². The van der Waals surface area contributed by atoms with E-state index in [0.29, 0.717) is 11.5 Å². The average molecular weight is 1260 g/mol. The molecule has 0 aromatic heterocycles. The zero-order valence-corrected chi connectivity index (χ0v) is 59.1. The van der Waals surface area contributed by atoms with E-state index in [1.807, 2.05) is 0 Å². The molecule has 4 nitrogen and oxygen atoms in total. The Hall–Kier alpha value is 0.439. The third-order valence-electron chi connectivity index (χ3n) is 17.1. The molecule has 79 heavy (non-hydrogen) atoms. The summed E-state index contributed by atoms with van der Waals surface area (Å²) in [6.07, 6.45) is 81.5. The van der Waals surface area contributed by atoms with Gasteiger partial charge in [-0.2, -0.15) is 0 Å². The Morgan fingerprint density at radius 2 is 0.380 bits per heavy atom. The number of carbonyl (C=O) groups excluding carboxylic acids is 2. The fraction of sp³-hybridized carbons (Fsp3) is 0.972. The van der Waals surface area contributed by atoms with Crippen LogP contribution in [0.25, 0.3) is 0 Å². The molecule has 0 fully saturated rings. The van der Waals surface area contributed by atoms with Crippen LogP contribution in [0.15, 0.2) is 0 Å². The Kier molecular flexibility index (Phi) is 69.6. The summed E-state index contributed by atoms with van der Waals surface area (Å²) in [5.41, 5.74) is 0. The smallest absolute Gasteiger partial charge is 0.0654 e. The number of hydrogen-bond donors (Lipinski definition) is 0. The van der Waals surface area contributed by atoms with Crippen molar-refractivity contribution in [3.05, 3.63) is 0 Å². The van der Waals surface area contributed by atoms with E-state index in [0.717, 1.165) is 46.1 Å². The molecule has 0 saturated heterocycles. The molecule has 0 spiro atoms. The molecule has 0 rings (SSSR count). The predicted molar refractivity (Wildman–Crippen MR) is 362 cm³/mol. The van der Waals surface area contributed by atoms with Crippen molar-refractivity contribution in [1.29, 1.82) is 0 Å². The van der Waals surface area contributed by atoms with E-state index in [9.17, 15) is 9.59 Å². The first kappa shape index (κ1) is 79.4. The molecule has 0 amide bonds. The summed E-state index contributed by atoms with van der Waals surface area (Å²) in [7, 11) is 0. The summed E-state index contributed by atoms with van der Waals surface area (Å²) < 4.78 is 15.0. The molecular formula is C72H144O4S2Sn. The van der Waals surface area contributed by atoms with Crippen molar-refractivity contribution in [3.8, 4) is 0 Å². The van der Waals surface area contributed by atoms with Gasteiger partial charge in [0.15, 0.2) is 0 Å². The van der Waals surface area contributed by atoms with Gasteiger partial charge in [-0.05, 0) is 0 Å². The van der Waals surface area contributed by atoms with Crippen molar-refractivity contribution < 1.29 is 15.7 Å². The molecule has 0 aliphatic rings. The summed E-state index contributed by atoms with van der Waals surface area (Å²) in [6, 6.07) is 0. The van der Waals surface area contributed by atoms with Crippen LogP contribution >= 0.6 is 23.5 Å². The van der Waals surface area contributed by atoms with Crippen molar-refractivity contribution in [2.75, 3.05) is 23.0 Å². The standard InChI is InChI=1S/2C24H48O2S.2C12H25.Sn/c2*1-2-3-4-5-6-7-8-9-10-11-12-13-14-15-16-17-18-19-20-21-22-27-23-24(25)26;2*1-3-5-7-9-11-12-10-8-6-4-2;/h2*2-23H2,1H3,(H,25,26);2*1,3-12H2,2H3;/q;;;;+2/p-2. The molecule has 0 radical (unpaired) electrons. The molecule has 0 bridgehead atoms. The van der Waals surface area contributed by atoms with Crippen LogP contribution in [0.2, 0.25) is 8.87 Å². The van der Waals surface area contributed by atoms with Gasteiger partial charge in [0, 0.05) is 0 Å². The minimum atomic E-state index is -4.06. The summed E-state index contributed by atoms with van der Waals surface area (Å²) in [5.74, 6) is 2.64. The van der Waals surface area contributed by atoms with Crippen molar-refractivity contribution in [2.45, 2.75) is 422 Å². The number of rotatable bonds is 70. The quantitative estimate of drug-likeness (QED) is 0.0447. The molecule has 0 aromatic rings. The molecule has 7 heteroatoms. The van der Waals surface area contributed by atoms with E-state index in [-0.39, 0.29) is 11.9 Å². The minimum Gasteiger partial charge on any atom is -0.0654 e. The van der Waals surface area contributed by atoms with Crippen LogP contribution in [0.3, 0.4) is 0 Å². The van der Waals surface area contributed by atoms with Crippen LogP contribution < -0.4 is 0 Å². The normalized spacial score (nSPS) is 11.8. The van der Waals surface area contributed by atoms with Gasteiger partial charge in [-0.25, -0.2) is 0 Å². The SMILES string of the molecule is CCCCCCCCCCCCCCCCCCCCCCSCC(=O)[O][Sn]([CH2]CCCCCCCCCCC)([CH2]CCCCCCCCCCC)[O]C(=O)CSCCCCCCCCCCCCCCCCCCCCCC. The van der Waals surface area contributed by atoms with E-state index >= 15 is 0 Å². The second-order valence-corrected chi connectivity index (χ2v) is 36.7. The van der Waals surface area contributed by atoms with Gasteiger partial charge in [-0.3, -0.25) is 0 Å². The first-order valence-corrected chi connectivity index (χ1v) is 45.3. The topological polar surface area (TPSA) is 52.6 Å². The van der Waals surface area contributed by atoms with Crippen molar-refractivity contribution in [2.24, 2.45) is 0 Å². The van der Waals surface area contributed by atoms with Crippen LogP contribution in [0.1, 0.15) is 413 Å². The maximum absolute atomic E-state index is 13.8. The molecule has 0 heterocycles. The number of thioether (sulfide) groups is 2. The van der Waals surface area contributed by atoms with Gasteiger partial charge in [0.1, 0.15) is 0 Å². The molecule has 0 saturated carbocycles. The average Bonchev–Trinajstić information content (AvgIpc) is 3.45. The Morgan fingerprint density at radius 1 is 0.228 bits per heavy atom. The predicted octanol–water partition coefficient (Wildman–Crippen LogP) is 26.5. The fourth-order valence-electron chi connectivity index (χ4n) is 11.8. The van der Waals surface area contributed by atoms with Gasteiger partial charge in [0.2, 0.25) is 0 Å². The van der Waals surface area contributed by atoms with E-state index in [2.05, 4.69) is 27.7 Å². The van der Waals surface area contributed by atoms with E-state index in [1.165, 1.54) is 360 Å². The molecule has 0 N–H and O–H groups in total. The van der Waals surface area contributed by atoms with Gasteiger partial charge in [-0.1, -0.05) is 181 Å². The Bertz CT molecular complexity index is 1080.